The van der Waals surface area contributed by atoms with Crippen molar-refractivity contribution >= 4 is 65.9 Å². The Morgan fingerprint density at radius 3 is 1.63 bits per heavy atom. The van der Waals surface area contributed by atoms with Gasteiger partial charge in [0, 0.05) is 44.8 Å². The van der Waals surface area contributed by atoms with Crippen LogP contribution in [-0.4, -0.2) is 43.2 Å². The topological polar surface area (TPSA) is 147 Å². The largest absolute Gasteiger partial charge is 0.507 e. The third-order valence-electron chi connectivity index (χ3n) is 9.10. The van der Waals surface area contributed by atoms with Crippen LogP contribution in [0, 0.1) is 6.92 Å². The predicted octanol–water partition coefficient (Wildman–Crippen LogP) is 8.25. The van der Waals surface area contributed by atoms with Gasteiger partial charge in [0.2, 0.25) is 11.6 Å². The molecule has 0 saturated heterocycles. The van der Waals surface area contributed by atoms with Gasteiger partial charge in [-0.05, 0) is 36.2 Å². The summed E-state index contributed by atoms with van der Waals surface area (Å²) in [6, 6.07) is 26.3. The van der Waals surface area contributed by atoms with Crippen LogP contribution < -0.4 is 10.6 Å². The summed E-state index contributed by atoms with van der Waals surface area (Å²) in [5, 5.41) is 19.0. The molecule has 9 nitrogen and oxygen atoms in total. The van der Waals surface area contributed by atoms with Crippen molar-refractivity contribution in [1.29, 1.82) is 0 Å². The summed E-state index contributed by atoms with van der Waals surface area (Å²) in [6.07, 6.45) is 1.09. The van der Waals surface area contributed by atoms with Crippen molar-refractivity contribution in [3.63, 3.8) is 0 Å². The molecule has 2 atom stereocenters. The van der Waals surface area contributed by atoms with Crippen molar-refractivity contribution < 1.29 is 41.5 Å². The molecule has 0 saturated carbocycles. The maximum Gasteiger partial charge on any atom is 0.275 e. The van der Waals surface area contributed by atoms with Crippen LogP contribution in [0.1, 0.15) is 37.4 Å². The van der Waals surface area contributed by atoms with Crippen LogP contribution in [0.5, 0.6) is 5.75 Å². The standard InChI is InChI=1S/C20H14FNO4S2.C20H14FNO3S/c1-28(25,26)14-9-5-6-12(10-14)15-11-27-18-16(15)17(23)20(21,19(24)22-18)13-7-3-2-4-8-13;1-11-7-8-13(15(23)9-11)14-10-26-18-16(14)17(24)20(21,19(25)22-18)12-5-3-2-4-6-12/h2-11H,1H3,(H,22,24);2-10,23H,1H3,(H,22,25). The van der Waals surface area contributed by atoms with Crippen molar-refractivity contribution in [2.75, 3.05) is 16.9 Å². The van der Waals surface area contributed by atoms with Crippen LogP contribution in [-0.2, 0) is 30.8 Å². The first kappa shape index (κ1) is 36.5. The number of carbonyl (C=O) groups is 4. The van der Waals surface area contributed by atoms with E-state index in [1.54, 1.807) is 77.5 Å². The molecule has 0 fully saturated rings. The number of Topliss-reactive ketones (excluding diaryl/α,β-unsaturated/α-hetero) is 2. The highest BCUT2D eigenvalue weighted by atomic mass is 32.2. The first-order valence-electron chi connectivity index (χ1n) is 16.2. The highest BCUT2D eigenvalue weighted by molar-refractivity contribution is 7.90. The van der Waals surface area contributed by atoms with E-state index in [1.165, 1.54) is 36.4 Å². The van der Waals surface area contributed by atoms with Crippen LogP contribution in [0.25, 0.3) is 22.3 Å². The van der Waals surface area contributed by atoms with Gasteiger partial charge in [0.25, 0.3) is 23.2 Å². The SMILES string of the molecule is CS(=O)(=O)c1cccc(-c2csc3c2C(=O)C(F)(c2ccccc2)C(=O)N3)c1.Cc1ccc(-c2csc3c2C(=O)C(F)(c2ccccc2)C(=O)N3)c(O)c1. The molecule has 2 unspecified atom stereocenters. The number of phenolic OH excluding ortho intramolecular Hbond substituents is 1. The van der Waals surface area contributed by atoms with E-state index in [2.05, 4.69) is 10.6 Å². The summed E-state index contributed by atoms with van der Waals surface area (Å²) in [6.45, 7) is 1.83. The fourth-order valence-corrected chi connectivity index (χ4v) is 8.90. The average molecular weight is 783 g/mol. The fraction of sp³-hybridized carbons (Fsp3) is 0.100. The second-order valence-corrected chi connectivity index (χ2v) is 16.4. The van der Waals surface area contributed by atoms with Crippen molar-refractivity contribution in [2.45, 2.75) is 23.2 Å². The molecular formula is C40H28F2N2O7S3. The van der Waals surface area contributed by atoms with E-state index < -0.39 is 44.6 Å². The number of phenols is 1. The van der Waals surface area contributed by atoms with Crippen molar-refractivity contribution in [1.82, 2.24) is 0 Å². The Bertz CT molecular complexity index is 2620. The molecule has 2 aromatic heterocycles. The van der Waals surface area contributed by atoms with Gasteiger partial charge in [-0.2, -0.15) is 0 Å². The van der Waals surface area contributed by atoms with E-state index in [4.69, 9.17) is 0 Å². The van der Waals surface area contributed by atoms with Gasteiger partial charge in [0.15, 0.2) is 9.84 Å². The molecule has 14 heteroatoms. The number of sulfone groups is 1. The minimum atomic E-state index is -3.45. The van der Waals surface area contributed by atoms with Crippen LogP contribution in [0.4, 0.5) is 18.8 Å². The molecule has 8 rings (SSSR count). The first-order valence-corrected chi connectivity index (χ1v) is 19.9. The van der Waals surface area contributed by atoms with Gasteiger partial charge in [-0.3, -0.25) is 19.2 Å². The molecule has 0 radical (unpaired) electrons. The number of alkyl halides is 2. The lowest BCUT2D eigenvalue weighted by Gasteiger charge is -2.28. The monoisotopic (exact) mass is 782 g/mol. The zero-order valence-electron chi connectivity index (χ0n) is 28.3. The minimum absolute atomic E-state index is 0.000491. The van der Waals surface area contributed by atoms with Crippen molar-refractivity contribution in [2.24, 2.45) is 0 Å². The van der Waals surface area contributed by atoms with E-state index in [-0.39, 0.29) is 37.9 Å². The summed E-state index contributed by atoms with van der Waals surface area (Å²) >= 11 is 2.23. The molecule has 2 aliphatic rings. The number of nitrogens with one attached hydrogen (secondary N) is 2. The number of ketones is 2. The molecular weight excluding hydrogens is 755 g/mol. The normalized spacial score (nSPS) is 19.2. The lowest BCUT2D eigenvalue weighted by Crippen LogP contribution is -2.47. The molecule has 0 spiro atoms. The first-order chi connectivity index (χ1) is 25.6. The smallest absolute Gasteiger partial charge is 0.275 e. The summed E-state index contributed by atoms with van der Waals surface area (Å²) in [5.41, 5.74) is -3.06. The number of fused-ring (bicyclic) bond motifs is 2. The summed E-state index contributed by atoms with van der Waals surface area (Å²) in [4.78, 5) is 51.1. The number of aryl methyl sites for hydroxylation is 1. The zero-order chi connectivity index (χ0) is 38.6. The number of benzene rings is 4. The van der Waals surface area contributed by atoms with Gasteiger partial charge >= 0.3 is 0 Å². The minimum Gasteiger partial charge on any atom is -0.507 e. The molecule has 0 bridgehead atoms. The van der Waals surface area contributed by atoms with Crippen molar-refractivity contribution in [3.05, 3.63) is 142 Å². The number of halogens is 2. The second kappa shape index (κ2) is 13.5. The lowest BCUT2D eigenvalue weighted by molar-refractivity contribution is -0.126. The van der Waals surface area contributed by atoms with Gasteiger partial charge in [-0.15, -0.1) is 22.7 Å². The van der Waals surface area contributed by atoms with E-state index in [0.717, 1.165) is 34.5 Å². The molecule has 0 aliphatic carbocycles. The molecule has 3 N–H and O–H groups in total. The van der Waals surface area contributed by atoms with E-state index >= 15 is 8.78 Å². The Kier molecular flexibility index (Phi) is 9.16. The molecule has 4 aromatic carbocycles. The highest BCUT2D eigenvalue weighted by Gasteiger charge is 2.55. The van der Waals surface area contributed by atoms with E-state index in [1.807, 2.05) is 6.92 Å². The summed E-state index contributed by atoms with van der Waals surface area (Å²) in [7, 11) is -3.45. The Labute approximate surface area is 315 Å². The number of thiophene rings is 2. The van der Waals surface area contributed by atoms with E-state index in [9.17, 15) is 32.7 Å². The quantitative estimate of drug-likeness (QED) is 0.149. The third kappa shape index (κ3) is 6.01. The van der Waals surface area contributed by atoms with Crippen LogP contribution >= 0.6 is 22.7 Å². The Hall–Kier alpha value is -5.83. The molecule has 2 amide bonds. The van der Waals surface area contributed by atoms with Gasteiger partial charge in [-0.1, -0.05) is 84.9 Å². The van der Waals surface area contributed by atoms with Gasteiger partial charge in [-0.25, -0.2) is 17.2 Å². The van der Waals surface area contributed by atoms with Gasteiger partial charge in [0.1, 0.15) is 15.8 Å². The molecule has 2 aliphatic heterocycles. The van der Waals surface area contributed by atoms with Crippen molar-refractivity contribution in [3.8, 4) is 28.0 Å². The number of anilines is 2. The lowest BCUT2D eigenvalue weighted by atomic mass is 9.83. The van der Waals surface area contributed by atoms with E-state index in [0.29, 0.717) is 27.3 Å². The fourth-order valence-electron chi connectivity index (χ4n) is 6.31. The predicted molar refractivity (Wildman–Crippen MR) is 203 cm³/mol. The Balaban J connectivity index is 0.000000167. The average Bonchev–Trinajstić information content (AvgIpc) is 3.78. The number of amides is 2. The Morgan fingerprint density at radius 2 is 1.13 bits per heavy atom. The number of hydrogen-bond acceptors (Lipinski definition) is 9. The Morgan fingerprint density at radius 1 is 0.630 bits per heavy atom. The number of aromatic hydroxyl groups is 1. The van der Waals surface area contributed by atoms with Gasteiger partial charge in [0.05, 0.1) is 16.0 Å². The second-order valence-electron chi connectivity index (χ2n) is 12.6. The number of hydrogen-bond donors (Lipinski definition) is 3. The summed E-state index contributed by atoms with van der Waals surface area (Å²) < 4.78 is 55.2. The van der Waals surface area contributed by atoms with Gasteiger partial charge < -0.3 is 15.7 Å². The van der Waals surface area contributed by atoms with Crippen LogP contribution in [0.2, 0.25) is 0 Å². The van der Waals surface area contributed by atoms with Crippen LogP contribution in [0.15, 0.2) is 119 Å². The summed E-state index contributed by atoms with van der Waals surface area (Å²) in [5.74, 6) is -3.91. The molecule has 54 heavy (non-hydrogen) atoms. The maximum absolute atomic E-state index is 15.8. The number of rotatable bonds is 5. The molecule has 6 aromatic rings. The maximum atomic E-state index is 15.8. The molecule has 272 valence electrons. The highest BCUT2D eigenvalue weighted by Crippen LogP contribution is 2.48. The molecule has 4 heterocycles. The van der Waals surface area contributed by atoms with Crippen LogP contribution in [0.3, 0.4) is 0 Å². The zero-order valence-corrected chi connectivity index (χ0v) is 30.8. The third-order valence-corrected chi connectivity index (χ3v) is 12.0. The number of carbonyl (C=O) groups excluding carboxylic acids is 4.